The van der Waals surface area contributed by atoms with E-state index in [1.165, 1.54) is 12.1 Å². The molecule has 124 valence electrons. The van der Waals surface area contributed by atoms with Gasteiger partial charge in [0.15, 0.2) is 0 Å². The summed E-state index contributed by atoms with van der Waals surface area (Å²) in [6.07, 6.45) is -4.41. The molecule has 0 atom stereocenters. The zero-order valence-corrected chi connectivity index (χ0v) is 12.9. The Morgan fingerprint density at radius 3 is 1.91 bits per heavy atom. The van der Waals surface area contributed by atoms with Crippen molar-refractivity contribution in [3.63, 3.8) is 0 Å². The van der Waals surface area contributed by atoms with E-state index in [4.69, 9.17) is 0 Å². The van der Waals surface area contributed by atoms with Crippen LogP contribution in [-0.4, -0.2) is 12.1 Å². The van der Waals surface area contributed by atoms with Crippen LogP contribution in [-0.2, 0) is 6.18 Å². The summed E-state index contributed by atoms with van der Waals surface area (Å²) in [6.45, 7) is 3.51. The average Bonchev–Trinajstić information content (AvgIpc) is 2.48. The Balaban J connectivity index is 0.000000366. The minimum atomic E-state index is -4.41. The molecule has 0 fully saturated rings. The van der Waals surface area contributed by atoms with Gasteiger partial charge in [0.25, 0.3) is 0 Å². The lowest BCUT2D eigenvalue weighted by molar-refractivity contribution is -0.137. The summed E-state index contributed by atoms with van der Waals surface area (Å²) in [5, 5.41) is 4.85. The standard InChI is InChI=1S/C11H13F3N2O.C6H6/c1-7(2)15-10(17)16-9-5-3-4-8(6-9)11(12,13)14;1-2-4-6-5-3-1/h3-7H,1-2H3,(H2,15,16,17);1-6H. The van der Waals surface area contributed by atoms with Gasteiger partial charge in [0, 0.05) is 11.7 Å². The van der Waals surface area contributed by atoms with Gasteiger partial charge in [0.05, 0.1) is 5.56 Å². The minimum Gasteiger partial charge on any atom is -0.336 e. The number of nitrogens with one attached hydrogen (secondary N) is 2. The Labute approximate surface area is 133 Å². The number of benzene rings is 2. The van der Waals surface area contributed by atoms with E-state index in [0.29, 0.717) is 0 Å². The van der Waals surface area contributed by atoms with Crippen molar-refractivity contribution >= 4 is 11.7 Å². The molecule has 2 amide bonds. The van der Waals surface area contributed by atoms with E-state index in [1.54, 1.807) is 13.8 Å². The first-order valence-corrected chi connectivity index (χ1v) is 7.04. The molecule has 0 unspecified atom stereocenters. The number of alkyl halides is 3. The van der Waals surface area contributed by atoms with E-state index in [2.05, 4.69) is 10.6 Å². The number of halogens is 3. The molecule has 0 aromatic heterocycles. The molecule has 0 heterocycles. The van der Waals surface area contributed by atoms with Gasteiger partial charge >= 0.3 is 12.2 Å². The van der Waals surface area contributed by atoms with E-state index in [0.717, 1.165) is 12.1 Å². The third kappa shape index (κ3) is 7.90. The van der Waals surface area contributed by atoms with Gasteiger partial charge in [-0.25, -0.2) is 4.79 Å². The Bertz CT molecular complexity index is 572. The van der Waals surface area contributed by atoms with Crippen LogP contribution in [0, 0.1) is 0 Å². The van der Waals surface area contributed by atoms with Crippen molar-refractivity contribution in [2.45, 2.75) is 26.1 Å². The predicted molar refractivity (Wildman–Crippen MR) is 85.2 cm³/mol. The Morgan fingerprint density at radius 2 is 1.48 bits per heavy atom. The fourth-order valence-corrected chi connectivity index (χ4v) is 1.59. The zero-order chi connectivity index (χ0) is 17.3. The monoisotopic (exact) mass is 324 g/mol. The Morgan fingerprint density at radius 1 is 0.957 bits per heavy atom. The molecular weight excluding hydrogens is 305 g/mol. The fourth-order valence-electron chi connectivity index (χ4n) is 1.59. The first-order chi connectivity index (χ1) is 10.8. The van der Waals surface area contributed by atoms with Crippen LogP contribution in [0.2, 0.25) is 0 Å². The molecule has 0 aliphatic carbocycles. The largest absolute Gasteiger partial charge is 0.416 e. The van der Waals surface area contributed by atoms with Gasteiger partial charge < -0.3 is 10.6 Å². The number of hydrogen-bond acceptors (Lipinski definition) is 1. The van der Waals surface area contributed by atoms with E-state index >= 15 is 0 Å². The number of carbonyl (C=O) groups is 1. The highest BCUT2D eigenvalue weighted by Gasteiger charge is 2.30. The van der Waals surface area contributed by atoms with Gasteiger partial charge in [-0.2, -0.15) is 13.2 Å². The third-order valence-corrected chi connectivity index (χ3v) is 2.53. The number of urea groups is 1. The lowest BCUT2D eigenvalue weighted by Crippen LogP contribution is -2.34. The topological polar surface area (TPSA) is 41.1 Å². The highest BCUT2D eigenvalue weighted by Crippen LogP contribution is 2.30. The maximum atomic E-state index is 12.4. The summed E-state index contributed by atoms with van der Waals surface area (Å²) < 4.78 is 37.2. The van der Waals surface area contributed by atoms with Crippen molar-refractivity contribution in [2.75, 3.05) is 5.32 Å². The summed E-state index contributed by atoms with van der Waals surface area (Å²) in [7, 11) is 0. The molecule has 2 rings (SSSR count). The van der Waals surface area contributed by atoms with E-state index in [-0.39, 0.29) is 11.7 Å². The first kappa shape index (κ1) is 18.5. The second-order valence-corrected chi connectivity index (χ2v) is 4.99. The molecular formula is C17H19F3N2O. The molecule has 0 spiro atoms. The molecule has 0 aliphatic rings. The fraction of sp³-hybridized carbons (Fsp3) is 0.235. The van der Waals surface area contributed by atoms with Gasteiger partial charge in [-0.15, -0.1) is 0 Å². The van der Waals surface area contributed by atoms with Crippen molar-refractivity contribution in [3.8, 4) is 0 Å². The minimum absolute atomic E-state index is 0.0826. The van der Waals surface area contributed by atoms with Crippen LogP contribution in [0.1, 0.15) is 19.4 Å². The van der Waals surface area contributed by atoms with Crippen LogP contribution in [0.3, 0.4) is 0 Å². The second-order valence-electron chi connectivity index (χ2n) is 4.99. The third-order valence-electron chi connectivity index (χ3n) is 2.53. The molecule has 3 nitrogen and oxygen atoms in total. The molecule has 2 aromatic carbocycles. The van der Waals surface area contributed by atoms with Gasteiger partial charge in [-0.1, -0.05) is 42.5 Å². The number of hydrogen-bond donors (Lipinski definition) is 2. The van der Waals surface area contributed by atoms with Crippen molar-refractivity contribution in [2.24, 2.45) is 0 Å². The predicted octanol–water partition coefficient (Wildman–Crippen LogP) is 4.92. The molecule has 2 N–H and O–H groups in total. The van der Waals surface area contributed by atoms with Crippen LogP contribution in [0.15, 0.2) is 60.7 Å². The summed E-state index contributed by atoms with van der Waals surface area (Å²) in [4.78, 5) is 11.3. The molecule has 6 heteroatoms. The average molecular weight is 324 g/mol. The first-order valence-electron chi connectivity index (χ1n) is 7.04. The number of anilines is 1. The van der Waals surface area contributed by atoms with E-state index in [9.17, 15) is 18.0 Å². The molecule has 0 aliphatic heterocycles. The van der Waals surface area contributed by atoms with Crippen molar-refractivity contribution < 1.29 is 18.0 Å². The van der Waals surface area contributed by atoms with Crippen LogP contribution in [0.4, 0.5) is 23.7 Å². The maximum Gasteiger partial charge on any atom is 0.416 e. The van der Waals surface area contributed by atoms with Gasteiger partial charge in [-0.05, 0) is 32.0 Å². The number of rotatable bonds is 2. The summed E-state index contributed by atoms with van der Waals surface area (Å²) >= 11 is 0. The number of carbonyl (C=O) groups excluding carboxylic acids is 1. The highest BCUT2D eigenvalue weighted by molar-refractivity contribution is 5.89. The molecule has 2 aromatic rings. The lowest BCUT2D eigenvalue weighted by Gasteiger charge is -2.12. The van der Waals surface area contributed by atoms with Crippen LogP contribution in [0.5, 0.6) is 0 Å². The van der Waals surface area contributed by atoms with E-state index in [1.807, 2.05) is 36.4 Å². The van der Waals surface area contributed by atoms with Crippen LogP contribution < -0.4 is 10.6 Å². The van der Waals surface area contributed by atoms with Crippen LogP contribution >= 0.6 is 0 Å². The quantitative estimate of drug-likeness (QED) is 0.808. The van der Waals surface area contributed by atoms with Crippen molar-refractivity contribution in [1.82, 2.24) is 5.32 Å². The van der Waals surface area contributed by atoms with E-state index < -0.39 is 17.8 Å². The summed E-state index contributed by atoms with van der Waals surface area (Å²) in [5.74, 6) is 0. The van der Waals surface area contributed by atoms with Crippen molar-refractivity contribution in [1.29, 1.82) is 0 Å². The highest BCUT2D eigenvalue weighted by atomic mass is 19.4. The smallest absolute Gasteiger partial charge is 0.336 e. The summed E-state index contributed by atoms with van der Waals surface area (Å²) in [5.41, 5.74) is -0.683. The SMILES string of the molecule is CC(C)NC(=O)Nc1cccc(C(F)(F)F)c1.c1ccccc1. The van der Waals surface area contributed by atoms with Crippen LogP contribution in [0.25, 0.3) is 0 Å². The Hall–Kier alpha value is -2.50. The maximum absolute atomic E-state index is 12.4. The molecule has 23 heavy (non-hydrogen) atoms. The normalized spacial score (nSPS) is 10.5. The summed E-state index contributed by atoms with van der Waals surface area (Å²) in [6, 6.07) is 15.9. The van der Waals surface area contributed by atoms with Crippen molar-refractivity contribution in [3.05, 3.63) is 66.2 Å². The van der Waals surface area contributed by atoms with Gasteiger partial charge in [0.1, 0.15) is 0 Å². The zero-order valence-electron chi connectivity index (χ0n) is 12.9. The lowest BCUT2D eigenvalue weighted by atomic mass is 10.2. The number of amides is 2. The molecule has 0 bridgehead atoms. The van der Waals surface area contributed by atoms with Gasteiger partial charge in [-0.3, -0.25) is 0 Å². The second kappa shape index (κ2) is 8.82. The molecule has 0 saturated heterocycles. The molecule has 0 radical (unpaired) electrons. The molecule has 0 saturated carbocycles. The Kier molecular flexibility index (Phi) is 7.12. The van der Waals surface area contributed by atoms with Gasteiger partial charge in [0.2, 0.25) is 0 Å².